The molecule has 1 unspecified atom stereocenters. The number of halogens is 1. The van der Waals surface area contributed by atoms with Gasteiger partial charge in [-0.1, -0.05) is 0 Å². The molecule has 3 nitrogen and oxygen atoms in total. The Labute approximate surface area is 106 Å². The van der Waals surface area contributed by atoms with Gasteiger partial charge in [-0.2, -0.15) is 0 Å². The Hall–Kier alpha value is -0.160. The van der Waals surface area contributed by atoms with Crippen LogP contribution in [0, 0.1) is 0 Å². The Bertz CT molecular complexity index is 351. The SMILES string of the molecule is Cl.NC1CCN(Cc2csc(C3CC3)n2)C1. The van der Waals surface area contributed by atoms with E-state index >= 15 is 0 Å². The number of likely N-dealkylation sites (tertiary alicyclic amines) is 1. The van der Waals surface area contributed by atoms with Gasteiger partial charge in [-0.05, 0) is 19.3 Å². The van der Waals surface area contributed by atoms with Gasteiger partial charge in [0.1, 0.15) is 0 Å². The smallest absolute Gasteiger partial charge is 0.0959 e. The van der Waals surface area contributed by atoms with Crippen molar-refractivity contribution in [3.8, 4) is 0 Å². The van der Waals surface area contributed by atoms with E-state index in [1.807, 2.05) is 11.3 Å². The highest BCUT2D eigenvalue weighted by atomic mass is 35.5. The molecule has 1 aromatic rings. The van der Waals surface area contributed by atoms with Gasteiger partial charge in [0, 0.05) is 37.0 Å². The Kier molecular flexibility index (Phi) is 3.85. The Balaban J connectivity index is 0.000000963. The van der Waals surface area contributed by atoms with Crippen LogP contribution in [-0.4, -0.2) is 29.0 Å². The van der Waals surface area contributed by atoms with Gasteiger partial charge in [0.15, 0.2) is 0 Å². The van der Waals surface area contributed by atoms with Gasteiger partial charge in [0.05, 0.1) is 10.7 Å². The summed E-state index contributed by atoms with van der Waals surface area (Å²) in [6.45, 7) is 3.17. The normalized spacial score (nSPS) is 25.7. The van der Waals surface area contributed by atoms with Gasteiger partial charge >= 0.3 is 0 Å². The van der Waals surface area contributed by atoms with E-state index in [4.69, 9.17) is 10.7 Å². The molecule has 16 heavy (non-hydrogen) atoms. The van der Waals surface area contributed by atoms with Crippen LogP contribution in [0.4, 0.5) is 0 Å². The predicted molar refractivity (Wildman–Crippen MR) is 69.2 cm³/mol. The van der Waals surface area contributed by atoms with Crippen LogP contribution in [0.3, 0.4) is 0 Å². The number of nitrogens with two attached hydrogens (primary N) is 1. The molecule has 3 rings (SSSR count). The number of nitrogens with zero attached hydrogens (tertiary/aromatic N) is 2. The zero-order valence-electron chi connectivity index (χ0n) is 9.26. The monoisotopic (exact) mass is 259 g/mol. The zero-order chi connectivity index (χ0) is 10.3. The molecule has 1 aliphatic heterocycles. The second-order valence-corrected chi connectivity index (χ2v) is 5.62. The van der Waals surface area contributed by atoms with Gasteiger partial charge in [0.25, 0.3) is 0 Å². The van der Waals surface area contributed by atoms with Crippen molar-refractivity contribution in [2.75, 3.05) is 13.1 Å². The Morgan fingerprint density at radius 2 is 2.25 bits per heavy atom. The molecular formula is C11H18ClN3S. The van der Waals surface area contributed by atoms with Crippen LogP contribution in [0.5, 0.6) is 0 Å². The van der Waals surface area contributed by atoms with Gasteiger partial charge < -0.3 is 5.73 Å². The number of aromatic nitrogens is 1. The summed E-state index contributed by atoms with van der Waals surface area (Å²) in [5.74, 6) is 0.796. The minimum Gasteiger partial charge on any atom is -0.326 e. The van der Waals surface area contributed by atoms with Crippen LogP contribution in [0.25, 0.3) is 0 Å². The van der Waals surface area contributed by atoms with E-state index in [-0.39, 0.29) is 12.4 Å². The fourth-order valence-electron chi connectivity index (χ4n) is 2.15. The second-order valence-electron chi connectivity index (χ2n) is 4.74. The molecule has 0 bridgehead atoms. The summed E-state index contributed by atoms with van der Waals surface area (Å²) >= 11 is 1.84. The Morgan fingerprint density at radius 3 is 2.88 bits per heavy atom. The average Bonchev–Trinajstić information content (AvgIpc) is 2.84. The first-order chi connectivity index (χ1) is 7.31. The van der Waals surface area contributed by atoms with E-state index in [0.717, 1.165) is 32.0 Å². The van der Waals surface area contributed by atoms with E-state index in [2.05, 4.69) is 10.3 Å². The third-order valence-corrected chi connectivity index (χ3v) is 4.25. The summed E-state index contributed by atoms with van der Waals surface area (Å²) in [5, 5.41) is 3.57. The maximum absolute atomic E-state index is 5.88. The first-order valence-corrected chi connectivity index (χ1v) is 6.61. The van der Waals surface area contributed by atoms with Crippen LogP contribution in [0.15, 0.2) is 5.38 Å². The maximum Gasteiger partial charge on any atom is 0.0959 e. The van der Waals surface area contributed by atoms with Crippen molar-refractivity contribution in [2.45, 2.75) is 37.8 Å². The van der Waals surface area contributed by atoms with Crippen molar-refractivity contribution in [3.63, 3.8) is 0 Å². The summed E-state index contributed by atoms with van der Waals surface area (Å²) in [7, 11) is 0. The van der Waals surface area contributed by atoms with Crippen molar-refractivity contribution >= 4 is 23.7 Å². The fourth-order valence-corrected chi connectivity index (χ4v) is 3.13. The summed E-state index contributed by atoms with van der Waals surface area (Å²) in [6.07, 6.45) is 3.84. The highest BCUT2D eigenvalue weighted by Gasteiger charge is 2.27. The van der Waals surface area contributed by atoms with Crippen LogP contribution in [0.2, 0.25) is 0 Å². The topological polar surface area (TPSA) is 42.1 Å². The molecule has 0 radical (unpaired) electrons. The van der Waals surface area contributed by atoms with Crippen LogP contribution >= 0.6 is 23.7 Å². The second kappa shape index (κ2) is 5.00. The quantitative estimate of drug-likeness (QED) is 0.903. The minimum absolute atomic E-state index is 0. The third kappa shape index (κ3) is 2.74. The average molecular weight is 260 g/mol. The van der Waals surface area contributed by atoms with Gasteiger partial charge in [-0.15, -0.1) is 23.7 Å². The molecule has 1 saturated carbocycles. The van der Waals surface area contributed by atoms with Crippen molar-refractivity contribution < 1.29 is 0 Å². The fraction of sp³-hybridized carbons (Fsp3) is 0.727. The maximum atomic E-state index is 5.88. The lowest BCUT2D eigenvalue weighted by atomic mass is 10.3. The molecule has 90 valence electrons. The van der Waals surface area contributed by atoms with Crippen molar-refractivity contribution in [1.82, 2.24) is 9.88 Å². The summed E-state index contributed by atoms with van der Waals surface area (Å²) in [4.78, 5) is 7.11. The lowest BCUT2D eigenvalue weighted by molar-refractivity contribution is 0.323. The first-order valence-electron chi connectivity index (χ1n) is 5.73. The lowest BCUT2D eigenvalue weighted by Crippen LogP contribution is -2.26. The molecule has 5 heteroatoms. The summed E-state index contributed by atoms with van der Waals surface area (Å²) in [5.41, 5.74) is 7.13. The predicted octanol–water partition coefficient (Wildman–Crippen LogP) is 1.98. The molecule has 2 fully saturated rings. The molecule has 0 amide bonds. The zero-order valence-corrected chi connectivity index (χ0v) is 10.9. The molecule has 1 saturated heterocycles. The molecule has 1 atom stereocenters. The van der Waals surface area contributed by atoms with Gasteiger partial charge in [0.2, 0.25) is 0 Å². The van der Waals surface area contributed by atoms with Crippen molar-refractivity contribution in [3.05, 3.63) is 16.1 Å². The number of thiazole rings is 1. The van der Waals surface area contributed by atoms with E-state index in [1.165, 1.54) is 23.5 Å². The standard InChI is InChI=1S/C11H17N3S.ClH/c12-9-3-4-14(5-9)6-10-7-15-11(13-10)8-1-2-8;/h7-9H,1-6,12H2;1H. The number of hydrogen-bond donors (Lipinski definition) is 1. The first kappa shape index (κ1) is 12.3. The highest BCUT2D eigenvalue weighted by Crippen LogP contribution is 2.41. The van der Waals surface area contributed by atoms with Gasteiger partial charge in [-0.3, -0.25) is 4.90 Å². The van der Waals surface area contributed by atoms with E-state index < -0.39 is 0 Å². The van der Waals surface area contributed by atoms with E-state index in [0.29, 0.717) is 6.04 Å². The third-order valence-electron chi connectivity index (χ3n) is 3.19. The van der Waals surface area contributed by atoms with E-state index in [9.17, 15) is 0 Å². The molecule has 1 aliphatic carbocycles. The molecular weight excluding hydrogens is 242 g/mol. The molecule has 2 N–H and O–H groups in total. The molecule has 0 spiro atoms. The molecule has 2 aliphatic rings. The van der Waals surface area contributed by atoms with Crippen LogP contribution < -0.4 is 5.73 Å². The van der Waals surface area contributed by atoms with Crippen molar-refractivity contribution in [2.24, 2.45) is 5.73 Å². The number of hydrogen-bond acceptors (Lipinski definition) is 4. The molecule has 0 aromatic carbocycles. The van der Waals surface area contributed by atoms with Crippen molar-refractivity contribution in [1.29, 1.82) is 0 Å². The lowest BCUT2D eigenvalue weighted by Gasteiger charge is -2.12. The summed E-state index contributed by atoms with van der Waals surface area (Å²) in [6, 6.07) is 0.381. The van der Waals surface area contributed by atoms with Crippen LogP contribution in [0.1, 0.15) is 35.9 Å². The molecule has 2 heterocycles. The largest absolute Gasteiger partial charge is 0.326 e. The summed E-state index contributed by atoms with van der Waals surface area (Å²) < 4.78 is 0. The Morgan fingerprint density at radius 1 is 1.44 bits per heavy atom. The van der Waals surface area contributed by atoms with E-state index in [1.54, 1.807) is 0 Å². The van der Waals surface area contributed by atoms with Gasteiger partial charge in [-0.25, -0.2) is 4.98 Å². The van der Waals surface area contributed by atoms with Crippen LogP contribution in [-0.2, 0) is 6.54 Å². The number of rotatable bonds is 3. The minimum atomic E-state index is 0. The highest BCUT2D eigenvalue weighted by molar-refractivity contribution is 7.09. The molecule has 1 aromatic heterocycles.